The lowest BCUT2D eigenvalue weighted by molar-refractivity contribution is 0.800. The van der Waals surface area contributed by atoms with Crippen LogP contribution in [0.25, 0.3) is 11.4 Å². The number of benzene rings is 1. The number of nitrogens with one attached hydrogen (secondary N) is 1. The Bertz CT molecular complexity index is 588. The van der Waals surface area contributed by atoms with Crippen molar-refractivity contribution in [2.45, 2.75) is 12.1 Å². The zero-order valence-electron chi connectivity index (χ0n) is 9.01. The molecule has 0 fully saturated rings. The van der Waals surface area contributed by atoms with Crippen LogP contribution in [-0.4, -0.2) is 14.9 Å². The number of allylic oxidation sites excluding steroid dienone is 1. The van der Waals surface area contributed by atoms with Crippen molar-refractivity contribution >= 4 is 23.4 Å². The Morgan fingerprint density at radius 2 is 2.00 bits per heavy atom. The van der Waals surface area contributed by atoms with Crippen molar-refractivity contribution in [2.24, 2.45) is 0 Å². The summed E-state index contributed by atoms with van der Waals surface area (Å²) >= 11 is 7.42. The SMILES string of the molecule is CC1=CSc2nnc(-c3ccc(Cl)cc3)n2N1. The van der Waals surface area contributed by atoms with Crippen LogP contribution in [0.15, 0.2) is 40.5 Å². The number of fused-ring (bicyclic) bond motifs is 1. The molecule has 0 bridgehead atoms. The van der Waals surface area contributed by atoms with Crippen LogP contribution in [0.4, 0.5) is 0 Å². The summed E-state index contributed by atoms with van der Waals surface area (Å²) in [6.45, 7) is 2.00. The second-order valence-electron chi connectivity index (χ2n) is 3.68. The number of rotatable bonds is 1. The van der Waals surface area contributed by atoms with Gasteiger partial charge in [-0.15, -0.1) is 10.2 Å². The van der Waals surface area contributed by atoms with Crippen LogP contribution in [0.1, 0.15) is 6.92 Å². The molecule has 1 aromatic carbocycles. The molecule has 1 aromatic heterocycles. The molecule has 4 nitrogen and oxygen atoms in total. The van der Waals surface area contributed by atoms with E-state index in [9.17, 15) is 0 Å². The van der Waals surface area contributed by atoms with Gasteiger partial charge in [-0.2, -0.15) is 0 Å². The highest BCUT2D eigenvalue weighted by molar-refractivity contribution is 8.02. The Morgan fingerprint density at radius 3 is 2.76 bits per heavy atom. The standard InChI is InChI=1S/C11H9ClN4S/c1-7-6-17-11-14-13-10(16(11)15-7)8-2-4-9(12)5-3-8/h2-6,15H,1H3. The predicted octanol–water partition coefficient (Wildman–Crippen LogP) is 3.11. The van der Waals surface area contributed by atoms with Gasteiger partial charge in [-0.25, -0.2) is 4.68 Å². The third kappa shape index (κ3) is 1.92. The van der Waals surface area contributed by atoms with Crippen LogP contribution >= 0.6 is 23.4 Å². The molecule has 6 heteroatoms. The van der Waals surface area contributed by atoms with Gasteiger partial charge in [-0.3, -0.25) is 5.43 Å². The Morgan fingerprint density at radius 1 is 1.24 bits per heavy atom. The minimum absolute atomic E-state index is 0.713. The second-order valence-corrected chi connectivity index (χ2v) is 4.95. The van der Waals surface area contributed by atoms with E-state index in [0.29, 0.717) is 5.02 Å². The predicted molar refractivity (Wildman–Crippen MR) is 69.4 cm³/mol. The first-order valence-electron chi connectivity index (χ1n) is 5.06. The van der Waals surface area contributed by atoms with Crippen molar-refractivity contribution in [3.8, 4) is 11.4 Å². The summed E-state index contributed by atoms with van der Waals surface area (Å²) in [6, 6.07) is 7.55. The van der Waals surface area contributed by atoms with E-state index in [1.54, 1.807) is 11.8 Å². The fourth-order valence-corrected chi connectivity index (χ4v) is 2.36. The highest BCUT2D eigenvalue weighted by atomic mass is 35.5. The van der Waals surface area contributed by atoms with E-state index in [1.807, 2.05) is 41.3 Å². The van der Waals surface area contributed by atoms with Gasteiger partial charge >= 0.3 is 0 Å². The van der Waals surface area contributed by atoms with Crippen LogP contribution in [-0.2, 0) is 0 Å². The van der Waals surface area contributed by atoms with Crippen molar-refractivity contribution in [3.05, 3.63) is 40.4 Å². The lowest BCUT2D eigenvalue weighted by atomic mass is 10.2. The molecule has 17 heavy (non-hydrogen) atoms. The van der Waals surface area contributed by atoms with E-state index < -0.39 is 0 Å². The quantitative estimate of drug-likeness (QED) is 0.859. The summed E-state index contributed by atoms with van der Waals surface area (Å²) in [6.07, 6.45) is 0. The van der Waals surface area contributed by atoms with E-state index in [0.717, 1.165) is 22.2 Å². The molecule has 1 aliphatic heterocycles. The fraction of sp³-hybridized carbons (Fsp3) is 0.0909. The molecule has 0 spiro atoms. The topological polar surface area (TPSA) is 42.7 Å². The van der Waals surface area contributed by atoms with Crippen LogP contribution in [0.3, 0.4) is 0 Å². The summed E-state index contributed by atoms with van der Waals surface area (Å²) in [5.74, 6) is 0.789. The lowest BCUT2D eigenvalue weighted by Gasteiger charge is -2.15. The van der Waals surface area contributed by atoms with Gasteiger partial charge in [-0.1, -0.05) is 23.4 Å². The molecule has 0 amide bonds. The molecule has 0 radical (unpaired) electrons. The Hall–Kier alpha value is -1.46. The highest BCUT2D eigenvalue weighted by Crippen LogP contribution is 2.28. The second kappa shape index (κ2) is 4.09. The van der Waals surface area contributed by atoms with Crippen LogP contribution in [0.2, 0.25) is 5.02 Å². The third-order valence-electron chi connectivity index (χ3n) is 2.37. The van der Waals surface area contributed by atoms with E-state index in [-0.39, 0.29) is 0 Å². The summed E-state index contributed by atoms with van der Waals surface area (Å²) in [5.41, 5.74) is 5.27. The summed E-state index contributed by atoms with van der Waals surface area (Å²) < 4.78 is 1.88. The Kier molecular flexibility index (Phi) is 2.57. The van der Waals surface area contributed by atoms with E-state index in [4.69, 9.17) is 11.6 Å². The van der Waals surface area contributed by atoms with Gasteiger partial charge in [0.1, 0.15) is 0 Å². The van der Waals surface area contributed by atoms with Crippen LogP contribution in [0, 0.1) is 0 Å². The zero-order chi connectivity index (χ0) is 11.8. The lowest BCUT2D eigenvalue weighted by Crippen LogP contribution is -2.17. The molecule has 0 atom stereocenters. The van der Waals surface area contributed by atoms with Gasteiger partial charge in [0.2, 0.25) is 5.16 Å². The normalized spacial score (nSPS) is 13.9. The molecule has 0 saturated heterocycles. The van der Waals surface area contributed by atoms with Crippen molar-refractivity contribution in [3.63, 3.8) is 0 Å². The molecule has 0 unspecified atom stereocenters. The maximum atomic E-state index is 5.87. The minimum atomic E-state index is 0.713. The molecule has 2 aromatic rings. The van der Waals surface area contributed by atoms with Gasteiger partial charge < -0.3 is 0 Å². The maximum Gasteiger partial charge on any atom is 0.214 e. The highest BCUT2D eigenvalue weighted by Gasteiger charge is 2.16. The summed E-state index contributed by atoms with van der Waals surface area (Å²) in [4.78, 5) is 0. The molecular formula is C11H9ClN4S. The average Bonchev–Trinajstić information content (AvgIpc) is 2.73. The van der Waals surface area contributed by atoms with E-state index in [2.05, 4.69) is 15.6 Å². The van der Waals surface area contributed by atoms with Crippen molar-refractivity contribution in [1.82, 2.24) is 14.9 Å². The van der Waals surface area contributed by atoms with Gasteiger partial charge in [-0.05, 0) is 36.6 Å². The van der Waals surface area contributed by atoms with Gasteiger partial charge in [0, 0.05) is 16.3 Å². The number of aromatic nitrogens is 3. The van der Waals surface area contributed by atoms with Crippen molar-refractivity contribution < 1.29 is 0 Å². The molecule has 0 saturated carbocycles. The summed E-state index contributed by atoms with van der Waals surface area (Å²) in [5, 5.41) is 11.9. The molecule has 3 rings (SSSR count). The van der Waals surface area contributed by atoms with Gasteiger partial charge in [0.15, 0.2) is 5.82 Å². The Balaban J connectivity index is 2.06. The van der Waals surface area contributed by atoms with E-state index >= 15 is 0 Å². The average molecular weight is 265 g/mol. The molecule has 1 aliphatic rings. The maximum absolute atomic E-state index is 5.87. The first-order valence-corrected chi connectivity index (χ1v) is 6.31. The summed E-state index contributed by atoms with van der Waals surface area (Å²) in [7, 11) is 0. The zero-order valence-corrected chi connectivity index (χ0v) is 10.6. The van der Waals surface area contributed by atoms with E-state index in [1.165, 1.54) is 0 Å². The van der Waals surface area contributed by atoms with Gasteiger partial charge in [0.05, 0.1) is 0 Å². The smallest absolute Gasteiger partial charge is 0.214 e. The van der Waals surface area contributed by atoms with Crippen LogP contribution in [0.5, 0.6) is 0 Å². The fourth-order valence-electron chi connectivity index (χ4n) is 1.58. The van der Waals surface area contributed by atoms with Crippen LogP contribution < -0.4 is 5.43 Å². The molecule has 86 valence electrons. The monoisotopic (exact) mass is 264 g/mol. The van der Waals surface area contributed by atoms with Crippen molar-refractivity contribution in [2.75, 3.05) is 5.43 Å². The van der Waals surface area contributed by atoms with Gasteiger partial charge in [0.25, 0.3) is 0 Å². The molecule has 1 N–H and O–H groups in total. The number of halogens is 1. The number of hydrogen-bond acceptors (Lipinski definition) is 4. The Labute approximate surface area is 108 Å². The molecular weight excluding hydrogens is 256 g/mol. The number of nitrogens with zero attached hydrogens (tertiary/aromatic N) is 3. The minimum Gasteiger partial charge on any atom is -0.294 e. The number of thioether (sulfide) groups is 1. The van der Waals surface area contributed by atoms with Crippen molar-refractivity contribution in [1.29, 1.82) is 0 Å². The third-order valence-corrected chi connectivity index (χ3v) is 3.56. The molecule has 2 heterocycles. The first kappa shape index (κ1) is 10.7. The largest absolute Gasteiger partial charge is 0.294 e. The molecule has 0 aliphatic carbocycles. The first-order chi connectivity index (χ1) is 8.24. The number of hydrogen-bond donors (Lipinski definition) is 1.